The molecule has 0 saturated carbocycles. The highest BCUT2D eigenvalue weighted by molar-refractivity contribution is 5.72. The molecule has 16 heavy (non-hydrogen) atoms. The SMILES string of the molecule is Nc1ccc(C2=CCNCC2)cc1[N+](=O)[O-]. The van der Waals surface area contributed by atoms with Crippen LogP contribution in [0, 0.1) is 10.1 Å². The van der Waals surface area contributed by atoms with Crippen LogP contribution in [0.3, 0.4) is 0 Å². The zero-order valence-corrected chi connectivity index (χ0v) is 8.77. The number of benzene rings is 1. The third-order valence-corrected chi connectivity index (χ3v) is 2.66. The van der Waals surface area contributed by atoms with Gasteiger partial charge in [-0.1, -0.05) is 12.1 Å². The van der Waals surface area contributed by atoms with Crippen molar-refractivity contribution < 1.29 is 4.92 Å². The van der Waals surface area contributed by atoms with Gasteiger partial charge in [0.25, 0.3) is 5.69 Å². The molecule has 5 heteroatoms. The molecule has 0 bridgehead atoms. The van der Waals surface area contributed by atoms with Crippen molar-refractivity contribution in [1.82, 2.24) is 5.32 Å². The van der Waals surface area contributed by atoms with Crippen LogP contribution in [0.2, 0.25) is 0 Å². The lowest BCUT2D eigenvalue weighted by atomic mass is 9.99. The normalized spacial score (nSPS) is 15.6. The summed E-state index contributed by atoms with van der Waals surface area (Å²) >= 11 is 0. The van der Waals surface area contributed by atoms with Crippen LogP contribution in [-0.2, 0) is 0 Å². The van der Waals surface area contributed by atoms with Crippen LogP contribution in [0.25, 0.3) is 5.57 Å². The molecule has 0 amide bonds. The van der Waals surface area contributed by atoms with E-state index >= 15 is 0 Å². The number of nitrogens with zero attached hydrogens (tertiary/aromatic N) is 1. The Morgan fingerprint density at radius 2 is 2.25 bits per heavy atom. The summed E-state index contributed by atoms with van der Waals surface area (Å²) in [6, 6.07) is 4.97. The summed E-state index contributed by atoms with van der Waals surface area (Å²) in [5, 5.41) is 13.9. The van der Waals surface area contributed by atoms with E-state index in [0.29, 0.717) is 0 Å². The predicted octanol–water partition coefficient (Wildman–Crippen LogP) is 1.55. The number of nitrogen functional groups attached to an aromatic ring is 1. The quantitative estimate of drug-likeness (QED) is 0.449. The van der Waals surface area contributed by atoms with Crippen LogP contribution in [0.1, 0.15) is 12.0 Å². The Labute approximate surface area is 93.1 Å². The van der Waals surface area contributed by atoms with E-state index in [1.54, 1.807) is 12.1 Å². The van der Waals surface area contributed by atoms with Gasteiger partial charge in [0.05, 0.1) is 4.92 Å². The minimum atomic E-state index is -0.444. The van der Waals surface area contributed by atoms with Crippen LogP contribution < -0.4 is 11.1 Å². The molecule has 1 aromatic carbocycles. The van der Waals surface area contributed by atoms with Gasteiger partial charge in [0, 0.05) is 12.6 Å². The first kappa shape index (κ1) is 10.6. The van der Waals surface area contributed by atoms with Gasteiger partial charge in [-0.3, -0.25) is 10.1 Å². The molecule has 0 aromatic heterocycles. The second kappa shape index (κ2) is 4.32. The maximum Gasteiger partial charge on any atom is 0.292 e. The molecule has 0 radical (unpaired) electrons. The Bertz CT molecular complexity index is 455. The molecule has 0 spiro atoms. The van der Waals surface area contributed by atoms with Gasteiger partial charge in [-0.25, -0.2) is 0 Å². The molecule has 0 saturated heterocycles. The Hall–Kier alpha value is -1.88. The first-order valence-corrected chi connectivity index (χ1v) is 5.12. The molecule has 5 nitrogen and oxygen atoms in total. The fourth-order valence-electron chi connectivity index (χ4n) is 1.79. The first-order chi connectivity index (χ1) is 7.68. The van der Waals surface area contributed by atoms with E-state index in [1.165, 1.54) is 0 Å². The van der Waals surface area contributed by atoms with Crippen LogP contribution in [0.5, 0.6) is 0 Å². The first-order valence-electron chi connectivity index (χ1n) is 5.12. The number of rotatable bonds is 2. The van der Waals surface area contributed by atoms with Gasteiger partial charge in [-0.05, 0) is 30.2 Å². The van der Waals surface area contributed by atoms with Crippen LogP contribution in [-0.4, -0.2) is 18.0 Å². The minimum absolute atomic E-state index is 0.0167. The van der Waals surface area contributed by atoms with E-state index in [4.69, 9.17) is 5.73 Å². The van der Waals surface area contributed by atoms with Gasteiger partial charge in [0.15, 0.2) is 0 Å². The van der Waals surface area contributed by atoms with Crippen LogP contribution in [0.15, 0.2) is 24.3 Å². The number of hydrogen-bond donors (Lipinski definition) is 2. The summed E-state index contributed by atoms with van der Waals surface area (Å²) in [7, 11) is 0. The lowest BCUT2D eigenvalue weighted by molar-refractivity contribution is -0.383. The molecule has 1 aromatic rings. The number of nitro benzene ring substituents is 1. The topological polar surface area (TPSA) is 81.2 Å². The van der Waals surface area contributed by atoms with E-state index in [1.807, 2.05) is 6.07 Å². The van der Waals surface area contributed by atoms with E-state index in [0.717, 1.165) is 30.6 Å². The third-order valence-electron chi connectivity index (χ3n) is 2.66. The summed E-state index contributed by atoms with van der Waals surface area (Å²) in [6.07, 6.45) is 2.94. The maximum atomic E-state index is 10.8. The van der Waals surface area contributed by atoms with Crippen molar-refractivity contribution >= 4 is 16.9 Å². The van der Waals surface area contributed by atoms with Crippen molar-refractivity contribution in [3.8, 4) is 0 Å². The Morgan fingerprint density at radius 1 is 1.44 bits per heavy atom. The van der Waals surface area contributed by atoms with E-state index < -0.39 is 4.92 Å². The lowest BCUT2D eigenvalue weighted by Crippen LogP contribution is -2.20. The van der Waals surface area contributed by atoms with Crippen molar-refractivity contribution in [2.24, 2.45) is 0 Å². The molecule has 3 N–H and O–H groups in total. The summed E-state index contributed by atoms with van der Waals surface area (Å²) in [4.78, 5) is 10.3. The predicted molar refractivity (Wildman–Crippen MR) is 63.0 cm³/mol. The zero-order chi connectivity index (χ0) is 11.5. The van der Waals surface area contributed by atoms with Crippen molar-refractivity contribution in [2.45, 2.75) is 6.42 Å². The van der Waals surface area contributed by atoms with Gasteiger partial charge in [-0.2, -0.15) is 0 Å². The molecule has 1 aliphatic heterocycles. The van der Waals surface area contributed by atoms with E-state index in [9.17, 15) is 10.1 Å². The van der Waals surface area contributed by atoms with Gasteiger partial charge >= 0.3 is 0 Å². The fraction of sp³-hybridized carbons (Fsp3) is 0.273. The number of nitro groups is 1. The van der Waals surface area contributed by atoms with Gasteiger partial charge < -0.3 is 11.1 Å². The van der Waals surface area contributed by atoms with Crippen molar-refractivity contribution in [2.75, 3.05) is 18.8 Å². The monoisotopic (exact) mass is 219 g/mol. The highest BCUT2D eigenvalue weighted by Gasteiger charge is 2.14. The average molecular weight is 219 g/mol. The minimum Gasteiger partial charge on any atom is -0.393 e. The molecule has 0 atom stereocenters. The van der Waals surface area contributed by atoms with Gasteiger partial charge in [0.2, 0.25) is 0 Å². The van der Waals surface area contributed by atoms with Crippen molar-refractivity contribution in [1.29, 1.82) is 0 Å². The summed E-state index contributed by atoms with van der Waals surface area (Å²) in [5.74, 6) is 0. The number of nitrogens with one attached hydrogen (secondary N) is 1. The van der Waals surface area contributed by atoms with Crippen LogP contribution >= 0.6 is 0 Å². The summed E-state index contributed by atoms with van der Waals surface area (Å²) in [6.45, 7) is 1.72. The Kier molecular flexibility index (Phi) is 2.87. The highest BCUT2D eigenvalue weighted by atomic mass is 16.6. The van der Waals surface area contributed by atoms with Crippen molar-refractivity contribution in [3.05, 3.63) is 40.0 Å². The number of hydrogen-bond acceptors (Lipinski definition) is 4. The maximum absolute atomic E-state index is 10.8. The molecular weight excluding hydrogens is 206 g/mol. The molecule has 0 aliphatic carbocycles. The average Bonchev–Trinajstić information content (AvgIpc) is 2.30. The Balaban J connectivity index is 2.39. The van der Waals surface area contributed by atoms with Crippen LogP contribution in [0.4, 0.5) is 11.4 Å². The molecule has 1 heterocycles. The second-order valence-corrected chi connectivity index (χ2v) is 3.71. The largest absolute Gasteiger partial charge is 0.393 e. The lowest BCUT2D eigenvalue weighted by Gasteiger charge is -2.14. The zero-order valence-electron chi connectivity index (χ0n) is 8.77. The number of anilines is 1. The summed E-state index contributed by atoms with van der Waals surface area (Å²) in [5.41, 5.74) is 7.77. The van der Waals surface area contributed by atoms with Crippen molar-refractivity contribution in [3.63, 3.8) is 0 Å². The molecule has 1 aliphatic rings. The molecule has 0 fully saturated rings. The van der Waals surface area contributed by atoms with Gasteiger partial charge in [-0.15, -0.1) is 0 Å². The smallest absolute Gasteiger partial charge is 0.292 e. The Morgan fingerprint density at radius 3 is 2.88 bits per heavy atom. The summed E-state index contributed by atoms with van der Waals surface area (Å²) < 4.78 is 0. The molecule has 2 rings (SSSR count). The molecular formula is C11H13N3O2. The van der Waals surface area contributed by atoms with Gasteiger partial charge in [0.1, 0.15) is 5.69 Å². The molecule has 84 valence electrons. The molecule has 0 unspecified atom stereocenters. The number of nitrogens with two attached hydrogens (primary N) is 1. The standard InChI is InChI=1S/C11H13N3O2/c12-10-2-1-9(7-11(10)14(15)16)8-3-5-13-6-4-8/h1-3,7,13H,4-6,12H2. The third kappa shape index (κ3) is 2.04. The fourth-order valence-corrected chi connectivity index (χ4v) is 1.79. The van der Waals surface area contributed by atoms with E-state index in [2.05, 4.69) is 11.4 Å². The van der Waals surface area contributed by atoms with E-state index in [-0.39, 0.29) is 11.4 Å². The second-order valence-electron chi connectivity index (χ2n) is 3.71. The highest BCUT2D eigenvalue weighted by Crippen LogP contribution is 2.28.